The standard InChI is InChI=1S/C16H25N3O4.ClH/c1-14-3-4-15(19(20)21)16(13-14)23-12-11-22-10-9-18-7-5-17(2)6-8-18;/h3-4,13H,5-12H2,1-2H3;1H. The van der Waals surface area contributed by atoms with Crippen LogP contribution in [0.2, 0.25) is 0 Å². The van der Waals surface area contributed by atoms with Crippen LogP contribution in [-0.4, -0.2) is 74.3 Å². The van der Waals surface area contributed by atoms with Crippen molar-refractivity contribution in [2.24, 2.45) is 0 Å². The number of nitrogens with zero attached hydrogens (tertiary/aromatic N) is 3. The summed E-state index contributed by atoms with van der Waals surface area (Å²) in [6.45, 7) is 8.54. The quantitative estimate of drug-likeness (QED) is 0.401. The van der Waals surface area contributed by atoms with Crippen molar-refractivity contribution in [3.8, 4) is 5.75 Å². The first-order valence-electron chi connectivity index (χ1n) is 7.93. The van der Waals surface area contributed by atoms with Crippen LogP contribution in [0.15, 0.2) is 18.2 Å². The van der Waals surface area contributed by atoms with Gasteiger partial charge in [-0.1, -0.05) is 6.07 Å². The highest BCUT2D eigenvalue weighted by atomic mass is 35.5. The number of likely N-dealkylation sites (N-methyl/N-ethyl adjacent to an activating group) is 1. The molecule has 0 aliphatic carbocycles. The van der Waals surface area contributed by atoms with E-state index in [2.05, 4.69) is 16.8 Å². The SMILES string of the molecule is Cc1ccc([N+](=O)[O-])c(OCCOCCN2CCN(C)CC2)c1.Cl. The third-order valence-electron chi connectivity index (χ3n) is 3.94. The van der Waals surface area contributed by atoms with Gasteiger partial charge in [-0.15, -0.1) is 12.4 Å². The van der Waals surface area contributed by atoms with Gasteiger partial charge in [0.15, 0.2) is 5.75 Å². The molecule has 0 saturated carbocycles. The number of aryl methyl sites for hydroxylation is 1. The van der Waals surface area contributed by atoms with E-state index in [4.69, 9.17) is 9.47 Å². The second-order valence-corrected chi connectivity index (χ2v) is 5.83. The van der Waals surface area contributed by atoms with Crippen molar-refractivity contribution in [2.45, 2.75) is 6.92 Å². The Bertz CT molecular complexity index is 522. The van der Waals surface area contributed by atoms with Crippen molar-refractivity contribution in [3.63, 3.8) is 0 Å². The lowest BCUT2D eigenvalue weighted by molar-refractivity contribution is -0.385. The van der Waals surface area contributed by atoms with Crippen LogP contribution < -0.4 is 4.74 Å². The van der Waals surface area contributed by atoms with Gasteiger partial charge in [-0.2, -0.15) is 0 Å². The Morgan fingerprint density at radius 3 is 2.54 bits per heavy atom. The molecule has 0 radical (unpaired) electrons. The molecule has 1 heterocycles. The van der Waals surface area contributed by atoms with Crippen LogP contribution in [0.5, 0.6) is 5.75 Å². The molecule has 8 heteroatoms. The summed E-state index contributed by atoms with van der Waals surface area (Å²) in [6.07, 6.45) is 0. The molecule has 1 aromatic carbocycles. The first-order valence-corrected chi connectivity index (χ1v) is 7.93. The molecule has 1 aliphatic heterocycles. The Kier molecular flexibility index (Phi) is 8.99. The van der Waals surface area contributed by atoms with Crippen LogP contribution in [0.3, 0.4) is 0 Å². The van der Waals surface area contributed by atoms with Gasteiger partial charge in [0.05, 0.1) is 18.1 Å². The van der Waals surface area contributed by atoms with Gasteiger partial charge in [-0.3, -0.25) is 15.0 Å². The number of hydrogen-bond acceptors (Lipinski definition) is 6. The van der Waals surface area contributed by atoms with E-state index in [0.717, 1.165) is 38.3 Å². The monoisotopic (exact) mass is 359 g/mol. The molecule has 0 N–H and O–H groups in total. The summed E-state index contributed by atoms with van der Waals surface area (Å²) >= 11 is 0. The number of nitro groups is 1. The highest BCUT2D eigenvalue weighted by Crippen LogP contribution is 2.27. The van der Waals surface area contributed by atoms with Gasteiger partial charge in [0.2, 0.25) is 0 Å². The highest BCUT2D eigenvalue weighted by molar-refractivity contribution is 5.85. The van der Waals surface area contributed by atoms with Gasteiger partial charge in [-0.25, -0.2) is 0 Å². The number of rotatable bonds is 8. The third-order valence-corrected chi connectivity index (χ3v) is 3.94. The Hall–Kier alpha value is -1.41. The third kappa shape index (κ3) is 6.60. The predicted molar refractivity (Wildman–Crippen MR) is 95.3 cm³/mol. The molecule has 2 rings (SSSR count). The molecule has 0 unspecified atom stereocenters. The molecule has 0 bridgehead atoms. The van der Waals surface area contributed by atoms with Gasteiger partial charge >= 0.3 is 5.69 Å². The largest absolute Gasteiger partial charge is 0.484 e. The van der Waals surface area contributed by atoms with Crippen molar-refractivity contribution in [3.05, 3.63) is 33.9 Å². The second kappa shape index (κ2) is 10.5. The Morgan fingerprint density at radius 2 is 1.88 bits per heavy atom. The summed E-state index contributed by atoms with van der Waals surface area (Å²) in [5.41, 5.74) is 0.926. The Morgan fingerprint density at radius 1 is 1.17 bits per heavy atom. The molecule has 136 valence electrons. The molecule has 24 heavy (non-hydrogen) atoms. The molecule has 0 amide bonds. The highest BCUT2D eigenvalue weighted by Gasteiger charge is 2.15. The summed E-state index contributed by atoms with van der Waals surface area (Å²) < 4.78 is 11.1. The molecule has 0 aromatic heterocycles. The molecule has 0 spiro atoms. The van der Waals surface area contributed by atoms with Gasteiger partial charge in [-0.05, 0) is 25.6 Å². The summed E-state index contributed by atoms with van der Waals surface area (Å²) in [5, 5.41) is 11.0. The maximum absolute atomic E-state index is 11.0. The number of benzene rings is 1. The van der Waals surface area contributed by atoms with Crippen LogP contribution in [0.1, 0.15) is 5.56 Å². The van der Waals surface area contributed by atoms with E-state index in [1.54, 1.807) is 12.1 Å². The zero-order valence-electron chi connectivity index (χ0n) is 14.3. The summed E-state index contributed by atoms with van der Waals surface area (Å²) in [5.74, 6) is 0.303. The molecule has 1 saturated heterocycles. The molecule has 7 nitrogen and oxygen atoms in total. The van der Waals surface area contributed by atoms with Gasteiger partial charge in [0, 0.05) is 38.8 Å². The average Bonchev–Trinajstić information content (AvgIpc) is 2.52. The van der Waals surface area contributed by atoms with Crippen molar-refractivity contribution >= 4 is 18.1 Å². The number of ether oxygens (including phenoxy) is 2. The van der Waals surface area contributed by atoms with Crippen molar-refractivity contribution in [1.82, 2.24) is 9.80 Å². The molecule has 1 aromatic rings. The van der Waals surface area contributed by atoms with Crippen LogP contribution in [-0.2, 0) is 4.74 Å². The molecule has 1 fully saturated rings. The molecular weight excluding hydrogens is 334 g/mol. The minimum atomic E-state index is -0.428. The topological polar surface area (TPSA) is 68.1 Å². The zero-order valence-corrected chi connectivity index (χ0v) is 15.1. The van der Waals surface area contributed by atoms with Crippen molar-refractivity contribution in [1.29, 1.82) is 0 Å². The maximum Gasteiger partial charge on any atom is 0.310 e. The lowest BCUT2D eigenvalue weighted by Gasteiger charge is -2.32. The fraction of sp³-hybridized carbons (Fsp3) is 0.625. The molecule has 0 atom stereocenters. The van der Waals surface area contributed by atoms with Crippen LogP contribution in [0.25, 0.3) is 0 Å². The van der Waals surface area contributed by atoms with E-state index in [-0.39, 0.29) is 18.1 Å². The maximum atomic E-state index is 11.0. The minimum absolute atomic E-state index is 0. The summed E-state index contributed by atoms with van der Waals surface area (Å²) in [7, 11) is 2.13. The second-order valence-electron chi connectivity index (χ2n) is 5.83. The normalized spacial score (nSPS) is 15.8. The van der Waals surface area contributed by atoms with E-state index in [1.165, 1.54) is 6.07 Å². The Labute approximate surface area is 149 Å². The summed E-state index contributed by atoms with van der Waals surface area (Å²) in [4.78, 5) is 15.2. The number of hydrogen-bond donors (Lipinski definition) is 0. The smallest absolute Gasteiger partial charge is 0.310 e. The fourth-order valence-electron chi connectivity index (χ4n) is 2.47. The van der Waals surface area contributed by atoms with Gasteiger partial charge in [0.25, 0.3) is 0 Å². The lowest BCUT2D eigenvalue weighted by atomic mass is 10.2. The van der Waals surface area contributed by atoms with Crippen molar-refractivity contribution in [2.75, 3.05) is 59.6 Å². The Balaban J connectivity index is 0.00000288. The minimum Gasteiger partial charge on any atom is -0.484 e. The van der Waals surface area contributed by atoms with E-state index in [9.17, 15) is 10.1 Å². The first-order chi connectivity index (χ1) is 11.1. The van der Waals surface area contributed by atoms with E-state index < -0.39 is 4.92 Å². The lowest BCUT2D eigenvalue weighted by Crippen LogP contribution is -2.45. The van der Waals surface area contributed by atoms with Gasteiger partial charge in [0.1, 0.15) is 6.61 Å². The first kappa shape index (κ1) is 20.6. The van der Waals surface area contributed by atoms with E-state index in [0.29, 0.717) is 25.6 Å². The number of halogens is 1. The van der Waals surface area contributed by atoms with Crippen LogP contribution >= 0.6 is 12.4 Å². The number of piperazine rings is 1. The predicted octanol–water partition coefficient (Wildman–Crippen LogP) is 1.97. The van der Waals surface area contributed by atoms with E-state index in [1.807, 2.05) is 6.92 Å². The summed E-state index contributed by atoms with van der Waals surface area (Å²) in [6, 6.07) is 4.86. The molecular formula is C16H26ClN3O4. The molecule has 1 aliphatic rings. The number of nitro benzene ring substituents is 1. The fourth-order valence-corrected chi connectivity index (χ4v) is 2.47. The van der Waals surface area contributed by atoms with Gasteiger partial charge < -0.3 is 14.4 Å². The zero-order chi connectivity index (χ0) is 16.7. The van der Waals surface area contributed by atoms with E-state index >= 15 is 0 Å². The van der Waals surface area contributed by atoms with Crippen LogP contribution in [0.4, 0.5) is 5.69 Å². The van der Waals surface area contributed by atoms with Crippen molar-refractivity contribution < 1.29 is 14.4 Å². The van der Waals surface area contributed by atoms with Crippen LogP contribution in [0, 0.1) is 17.0 Å². The average molecular weight is 360 g/mol.